The molecule has 1 saturated heterocycles. The van der Waals surface area contributed by atoms with E-state index in [0.29, 0.717) is 49.5 Å². The first-order chi connectivity index (χ1) is 30.1. The van der Waals surface area contributed by atoms with E-state index in [9.17, 15) is 19.6 Å². The smallest absolute Gasteiger partial charge is 0.246 e. The quantitative estimate of drug-likeness (QED) is 0.0869. The first-order valence-electron chi connectivity index (χ1n) is 21.6. The van der Waals surface area contributed by atoms with Gasteiger partial charge in [-0.1, -0.05) is 73.9 Å². The van der Waals surface area contributed by atoms with Crippen LogP contribution in [0.5, 0.6) is 0 Å². The second-order valence-corrected chi connectivity index (χ2v) is 18.7. The standard InChI is InChI=1S/C49H58ClN7O5S/c1-30-14-15-37(44-32(3)55-62-34(44)5)25-42(30)56(39-21-20-38(27-51)40(50)26-39)22-10-9-11-24-61-28-43(58)54-46(49(6,7)8)48(60)57-23-12-13-41(57)47(59)53-31(2)35-16-18-36(19-17-35)45-33(4)52-29-63-45/h14-21,25-26,29,31,41,46H,9-13,22-24,28H2,1-8H3,(H,53,59)(H,54,58)/t31-,41-,46+/m0/s1. The third-order valence-corrected chi connectivity index (χ3v) is 12.9. The molecule has 0 bridgehead atoms. The number of aryl methyl sites for hydroxylation is 4. The Morgan fingerprint density at radius 3 is 2.40 bits per heavy atom. The van der Waals surface area contributed by atoms with E-state index in [1.807, 2.05) is 90.4 Å². The van der Waals surface area contributed by atoms with Crippen LogP contribution in [-0.4, -0.2) is 71.1 Å². The molecule has 5 aromatic rings. The Morgan fingerprint density at radius 1 is 1.00 bits per heavy atom. The van der Waals surface area contributed by atoms with Crippen molar-refractivity contribution in [1.82, 2.24) is 25.7 Å². The molecule has 2 N–H and O–H groups in total. The number of nitriles is 1. The van der Waals surface area contributed by atoms with Gasteiger partial charge in [0.25, 0.3) is 0 Å². The molecular formula is C49H58ClN7O5S. The Morgan fingerprint density at radius 2 is 1.75 bits per heavy atom. The predicted octanol–water partition coefficient (Wildman–Crippen LogP) is 9.95. The number of carbonyl (C=O) groups excluding carboxylic acids is 3. The van der Waals surface area contributed by atoms with Crippen molar-refractivity contribution >= 4 is 52.0 Å². The van der Waals surface area contributed by atoms with Crippen molar-refractivity contribution in [2.45, 2.75) is 106 Å². The molecule has 12 nitrogen and oxygen atoms in total. The Labute approximate surface area is 380 Å². The Balaban J connectivity index is 1.01. The van der Waals surface area contributed by atoms with Crippen LogP contribution >= 0.6 is 22.9 Å². The van der Waals surface area contributed by atoms with Crippen LogP contribution in [0.15, 0.2) is 70.7 Å². The van der Waals surface area contributed by atoms with Gasteiger partial charge >= 0.3 is 0 Å². The number of carbonyl (C=O) groups is 3. The zero-order valence-electron chi connectivity index (χ0n) is 37.5. The van der Waals surface area contributed by atoms with Crippen molar-refractivity contribution in [3.05, 3.63) is 105 Å². The van der Waals surface area contributed by atoms with E-state index >= 15 is 0 Å². The molecule has 6 rings (SSSR count). The number of amides is 3. The summed E-state index contributed by atoms with van der Waals surface area (Å²) in [4.78, 5) is 50.3. The number of thiazole rings is 1. The molecule has 14 heteroatoms. The van der Waals surface area contributed by atoms with Gasteiger partial charge in [-0.25, -0.2) is 4.98 Å². The lowest BCUT2D eigenvalue weighted by molar-refractivity contribution is -0.144. The SMILES string of the molecule is Cc1ccc(-c2c(C)noc2C)cc1N(CCCCCOCC(=O)N[C@H](C(=O)N1CCC[C@H]1C(=O)N[C@@H](C)c1ccc(-c2scnc2C)cc1)C(C)(C)C)c1ccc(C#N)c(Cl)c1. The number of rotatable bonds is 17. The van der Waals surface area contributed by atoms with Crippen molar-refractivity contribution < 1.29 is 23.6 Å². The van der Waals surface area contributed by atoms with Gasteiger partial charge in [-0.2, -0.15) is 5.26 Å². The van der Waals surface area contributed by atoms with Crippen molar-refractivity contribution in [3.8, 4) is 27.6 Å². The van der Waals surface area contributed by atoms with Crippen LogP contribution in [0.1, 0.15) is 99.7 Å². The molecule has 3 aromatic carbocycles. The molecule has 0 aliphatic carbocycles. The van der Waals surface area contributed by atoms with Gasteiger partial charge in [0, 0.05) is 36.6 Å². The summed E-state index contributed by atoms with van der Waals surface area (Å²) >= 11 is 8.12. The maximum atomic E-state index is 14.1. The molecule has 63 heavy (non-hydrogen) atoms. The Kier molecular flexibility index (Phi) is 15.5. The molecule has 0 spiro atoms. The number of nitrogens with one attached hydrogen (secondary N) is 2. The number of anilines is 2. The molecule has 3 heterocycles. The van der Waals surface area contributed by atoms with E-state index in [1.165, 1.54) is 0 Å². The molecule has 3 atom stereocenters. The van der Waals surface area contributed by atoms with Crippen LogP contribution in [0, 0.1) is 44.4 Å². The summed E-state index contributed by atoms with van der Waals surface area (Å²) in [5.74, 6) is -0.114. The van der Waals surface area contributed by atoms with Gasteiger partial charge in [-0.05, 0) is 119 Å². The number of ether oxygens (including phenoxy) is 1. The molecule has 1 fully saturated rings. The predicted molar refractivity (Wildman–Crippen MR) is 249 cm³/mol. The molecule has 0 radical (unpaired) electrons. The fourth-order valence-electron chi connectivity index (χ4n) is 8.13. The van der Waals surface area contributed by atoms with Crippen LogP contribution < -0.4 is 15.5 Å². The number of likely N-dealkylation sites (tertiary alicyclic amines) is 1. The zero-order valence-corrected chi connectivity index (χ0v) is 39.1. The normalized spacial score (nSPS) is 14.9. The lowest BCUT2D eigenvalue weighted by atomic mass is 9.85. The number of nitrogens with zero attached hydrogens (tertiary/aromatic N) is 5. The maximum Gasteiger partial charge on any atom is 0.246 e. The lowest BCUT2D eigenvalue weighted by Gasteiger charge is -2.35. The van der Waals surface area contributed by atoms with E-state index < -0.39 is 17.5 Å². The Hall–Kier alpha value is -5.55. The minimum atomic E-state index is -0.844. The summed E-state index contributed by atoms with van der Waals surface area (Å²) in [5, 5.41) is 20.1. The van der Waals surface area contributed by atoms with E-state index in [0.717, 1.165) is 74.1 Å². The van der Waals surface area contributed by atoms with Gasteiger partial charge in [0.05, 0.1) is 38.4 Å². The molecule has 3 amide bonds. The van der Waals surface area contributed by atoms with Gasteiger partial charge in [0.1, 0.15) is 30.5 Å². The Bertz CT molecular complexity index is 2430. The number of hydrogen-bond donors (Lipinski definition) is 2. The topological polar surface area (TPSA) is 154 Å². The van der Waals surface area contributed by atoms with E-state index in [1.54, 1.807) is 22.3 Å². The minimum Gasteiger partial charge on any atom is -0.372 e. The summed E-state index contributed by atoms with van der Waals surface area (Å²) in [6.07, 6.45) is 3.60. The minimum absolute atomic E-state index is 0.188. The van der Waals surface area contributed by atoms with Crippen LogP contribution in [0.3, 0.4) is 0 Å². The van der Waals surface area contributed by atoms with Gasteiger partial charge in [-0.15, -0.1) is 11.3 Å². The molecular weight excluding hydrogens is 834 g/mol. The summed E-state index contributed by atoms with van der Waals surface area (Å²) < 4.78 is 11.3. The highest BCUT2D eigenvalue weighted by Crippen LogP contribution is 2.37. The van der Waals surface area contributed by atoms with Gasteiger partial charge in [0.15, 0.2) is 0 Å². The second-order valence-electron chi connectivity index (χ2n) is 17.4. The fraction of sp³-hybridized carbons (Fsp3) is 0.429. The number of halogens is 1. The summed E-state index contributed by atoms with van der Waals surface area (Å²) in [5.41, 5.74) is 10.4. The van der Waals surface area contributed by atoms with Crippen molar-refractivity contribution in [3.63, 3.8) is 0 Å². The average molecular weight is 893 g/mol. The molecule has 0 unspecified atom stereocenters. The van der Waals surface area contributed by atoms with E-state index in [4.69, 9.17) is 20.9 Å². The van der Waals surface area contributed by atoms with Gasteiger partial charge in [0.2, 0.25) is 17.7 Å². The van der Waals surface area contributed by atoms with Crippen molar-refractivity contribution in [2.24, 2.45) is 5.41 Å². The summed E-state index contributed by atoms with van der Waals surface area (Å²) in [7, 11) is 0. The first kappa shape index (κ1) is 46.9. The molecule has 0 saturated carbocycles. The van der Waals surface area contributed by atoms with Crippen LogP contribution in [0.25, 0.3) is 21.6 Å². The highest BCUT2D eigenvalue weighted by molar-refractivity contribution is 7.13. The number of aromatic nitrogens is 2. The number of unbranched alkanes of at least 4 members (excludes halogenated alkanes) is 2. The molecule has 2 aromatic heterocycles. The molecule has 332 valence electrons. The third kappa shape index (κ3) is 11.3. The van der Waals surface area contributed by atoms with Gasteiger partial charge in [-0.3, -0.25) is 14.4 Å². The third-order valence-electron chi connectivity index (χ3n) is 11.6. The lowest BCUT2D eigenvalue weighted by Crippen LogP contribution is -2.58. The van der Waals surface area contributed by atoms with E-state index in [2.05, 4.69) is 56.9 Å². The van der Waals surface area contributed by atoms with E-state index in [-0.39, 0.29) is 30.4 Å². The fourth-order valence-corrected chi connectivity index (χ4v) is 9.16. The number of benzene rings is 3. The van der Waals surface area contributed by atoms with Crippen LogP contribution in [0.4, 0.5) is 11.4 Å². The highest BCUT2D eigenvalue weighted by atomic mass is 35.5. The summed E-state index contributed by atoms with van der Waals surface area (Å²) in [6.45, 7) is 16.8. The van der Waals surface area contributed by atoms with Gasteiger partial charge < -0.3 is 29.7 Å². The van der Waals surface area contributed by atoms with Crippen molar-refractivity contribution in [2.75, 3.05) is 31.2 Å². The van der Waals surface area contributed by atoms with Crippen LogP contribution in [-0.2, 0) is 19.1 Å². The first-order valence-corrected chi connectivity index (χ1v) is 22.8. The second kappa shape index (κ2) is 20.8. The molecule has 1 aliphatic heterocycles. The monoisotopic (exact) mass is 891 g/mol. The number of hydrogen-bond acceptors (Lipinski definition) is 10. The molecule has 1 aliphatic rings. The van der Waals surface area contributed by atoms with Crippen LogP contribution in [0.2, 0.25) is 5.02 Å². The maximum absolute atomic E-state index is 14.1. The largest absolute Gasteiger partial charge is 0.372 e. The average Bonchev–Trinajstić information content (AvgIpc) is 4.01. The highest BCUT2D eigenvalue weighted by Gasteiger charge is 2.42. The van der Waals surface area contributed by atoms with Crippen molar-refractivity contribution in [1.29, 1.82) is 5.26 Å². The summed E-state index contributed by atoms with van der Waals surface area (Å²) in [6, 6.07) is 20.3. The zero-order chi connectivity index (χ0) is 45.4.